The third kappa shape index (κ3) is 3.06. The van der Waals surface area contributed by atoms with Crippen molar-refractivity contribution in [2.24, 2.45) is 5.41 Å². The molecule has 138 valence electrons. The van der Waals surface area contributed by atoms with Crippen LogP contribution >= 0.6 is 0 Å². The van der Waals surface area contributed by atoms with Crippen molar-refractivity contribution in [3.63, 3.8) is 0 Å². The number of nitrogens with zero attached hydrogens (tertiary/aromatic N) is 5. The van der Waals surface area contributed by atoms with Crippen LogP contribution in [0, 0.1) is 12.3 Å². The second-order valence-corrected chi connectivity index (χ2v) is 7.41. The minimum atomic E-state index is -0.347. The Labute approximate surface area is 153 Å². The molecule has 1 atom stereocenters. The molecule has 4 heterocycles. The summed E-state index contributed by atoms with van der Waals surface area (Å²) in [6.07, 6.45) is 10.5. The predicted octanol–water partition coefficient (Wildman–Crippen LogP) is 2.15. The maximum absolute atomic E-state index is 12.6. The first-order valence-electron chi connectivity index (χ1n) is 9.34. The highest BCUT2D eigenvalue weighted by molar-refractivity contribution is 5.79. The van der Waals surface area contributed by atoms with Crippen molar-refractivity contribution in [2.75, 3.05) is 18.0 Å². The molecule has 7 heteroatoms. The van der Waals surface area contributed by atoms with Gasteiger partial charge in [-0.25, -0.2) is 15.0 Å². The first kappa shape index (κ1) is 17.0. The van der Waals surface area contributed by atoms with Gasteiger partial charge in [0.25, 0.3) is 0 Å². The Morgan fingerprint density at radius 2 is 2.15 bits per heavy atom. The number of imidazole rings is 1. The molecule has 0 radical (unpaired) electrons. The van der Waals surface area contributed by atoms with Gasteiger partial charge < -0.3 is 14.2 Å². The third-order valence-corrected chi connectivity index (χ3v) is 5.70. The lowest BCUT2D eigenvalue weighted by Crippen LogP contribution is -2.43. The van der Waals surface area contributed by atoms with Crippen molar-refractivity contribution in [1.82, 2.24) is 19.5 Å². The van der Waals surface area contributed by atoms with E-state index in [1.165, 1.54) is 0 Å². The van der Waals surface area contributed by atoms with Gasteiger partial charge in [0.2, 0.25) is 5.95 Å². The maximum Gasteiger partial charge on any atom is 0.312 e. The van der Waals surface area contributed by atoms with Gasteiger partial charge in [0.05, 0.1) is 18.3 Å². The van der Waals surface area contributed by atoms with E-state index in [4.69, 9.17) is 9.72 Å². The zero-order chi connectivity index (χ0) is 18.1. The molecule has 2 fully saturated rings. The van der Waals surface area contributed by atoms with Crippen LogP contribution in [-0.2, 0) is 22.5 Å². The summed E-state index contributed by atoms with van der Waals surface area (Å²) in [4.78, 5) is 28.0. The predicted molar refractivity (Wildman–Crippen MR) is 96.8 cm³/mol. The van der Waals surface area contributed by atoms with E-state index >= 15 is 0 Å². The van der Waals surface area contributed by atoms with Crippen molar-refractivity contribution >= 4 is 11.9 Å². The molecule has 1 unspecified atom stereocenters. The van der Waals surface area contributed by atoms with Crippen LogP contribution in [0.25, 0.3) is 0 Å². The number of carbonyl (C=O) groups excluding carboxylic acids is 1. The highest BCUT2D eigenvalue weighted by Crippen LogP contribution is 2.43. The third-order valence-electron chi connectivity index (χ3n) is 5.70. The number of hydrogen-bond acceptors (Lipinski definition) is 6. The van der Waals surface area contributed by atoms with Gasteiger partial charge in [-0.1, -0.05) is 6.92 Å². The van der Waals surface area contributed by atoms with Crippen LogP contribution in [-0.4, -0.2) is 44.7 Å². The number of ether oxygens (including phenoxy) is 1. The summed E-state index contributed by atoms with van der Waals surface area (Å²) in [5.74, 6) is 0.741. The number of anilines is 1. The average Bonchev–Trinajstić information content (AvgIpc) is 3.25. The quantitative estimate of drug-likeness (QED) is 0.783. The molecule has 0 aromatic carbocycles. The SMILES string of the molecule is CCc1nc(N2CCC3(CC2)CC(Cn2ccnc2)OC3=O)ncc1C. The average molecular weight is 355 g/mol. The molecule has 2 aliphatic rings. The zero-order valence-electron chi connectivity index (χ0n) is 15.4. The van der Waals surface area contributed by atoms with E-state index in [0.717, 1.165) is 56.0 Å². The number of piperidine rings is 1. The fourth-order valence-electron chi connectivity index (χ4n) is 4.09. The summed E-state index contributed by atoms with van der Waals surface area (Å²) >= 11 is 0. The van der Waals surface area contributed by atoms with E-state index in [-0.39, 0.29) is 17.5 Å². The fraction of sp³-hybridized carbons (Fsp3) is 0.579. The lowest BCUT2D eigenvalue weighted by atomic mass is 9.76. The lowest BCUT2D eigenvalue weighted by molar-refractivity contribution is -0.150. The molecule has 0 aliphatic carbocycles. The standard InChI is InChI=1S/C19H25N5O2/c1-3-16-14(2)11-21-18(22-16)24-7-4-19(5-8-24)10-15(26-17(19)25)12-23-9-6-20-13-23/h6,9,11,13,15H,3-5,7-8,10,12H2,1-2H3. The zero-order valence-corrected chi connectivity index (χ0v) is 15.4. The monoisotopic (exact) mass is 355 g/mol. The summed E-state index contributed by atoms with van der Waals surface area (Å²) < 4.78 is 7.65. The number of rotatable bonds is 4. The first-order valence-corrected chi connectivity index (χ1v) is 9.34. The van der Waals surface area contributed by atoms with Crippen molar-refractivity contribution < 1.29 is 9.53 Å². The summed E-state index contributed by atoms with van der Waals surface area (Å²) in [6.45, 7) is 6.42. The largest absolute Gasteiger partial charge is 0.460 e. The number of aryl methyl sites for hydroxylation is 2. The smallest absolute Gasteiger partial charge is 0.312 e. The van der Waals surface area contributed by atoms with Gasteiger partial charge in [-0.05, 0) is 31.7 Å². The number of aromatic nitrogens is 4. The second kappa shape index (κ2) is 6.70. The summed E-state index contributed by atoms with van der Waals surface area (Å²) in [6, 6.07) is 0. The minimum Gasteiger partial charge on any atom is -0.460 e. The molecule has 2 saturated heterocycles. The van der Waals surface area contributed by atoms with Gasteiger partial charge >= 0.3 is 5.97 Å². The Kier molecular flexibility index (Phi) is 4.38. The highest BCUT2D eigenvalue weighted by atomic mass is 16.6. The highest BCUT2D eigenvalue weighted by Gasteiger charge is 2.50. The van der Waals surface area contributed by atoms with Crippen molar-refractivity contribution in [3.8, 4) is 0 Å². The van der Waals surface area contributed by atoms with Crippen molar-refractivity contribution in [3.05, 3.63) is 36.2 Å². The van der Waals surface area contributed by atoms with Crippen LogP contribution in [0.1, 0.15) is 37.4 Å². The summed E-state index contributed by atoms with van der Waals surface area (Å²) in [7, 11) is 0. The minimum absolute atomic E-state index is 0.0404. The molecular formula is C19H25N5O2. The number of hydrogen-bond donors (Lipinski definition) is 0. The molecule has 26 heavy (non-hydrogen) atoms. The first-order chi connectivity index (χ1) is 12.6. The Hall–Kier alpha value is -2.44. The van der Waals surface area contributed by atoms with E-state index in [2.05, 4.69) is 21.8 Å². The Balaban J connectivity index is 1.42. The number of esters is 1. The normalized spacial score (nSPS) is 22.0. The molecule has 0 saturated carbocycles. The topological polar surface area (TPSA) is 73.1 Å². The van der Waals surface area contributed by atoms with E-state index in [1.54, 1.807) is 12.5 Å². The van der Waals surface area contributed by atoms with Gasteiger partial charge in [-0.15, -0.1) is 0 Å². The maximum atomic E-state index is 12.6. The van der Waals surface area contributed by atoms with E-state index < -0.39 is 0 Å². The summed E-state index contributed by atoms with van der Waals surface area (Å²) in [5.41, 5.74) is 1.88. The number of carbonyl (C=O) groups is 1. The van der Waals surface area contributed by atoms with Gasteiger partial charge in [0.1, 0.15) is 6.10 Å². The van der Waals surface area contributed by atoms with Crippen LogP contribution in [0.4, 0.5) is 5.95 Å². The van der Waals surface area contributed by atoms with Crippen molar-refractivity contribution in [2.45, 2.75) is 52.2 Å². The molecule has 1 spiro atoms. The van der Waals surface area contributed by atoms with Gasteiger partial charge in [-0.3, -0.25) is 4.79 Å². The number of cyclic esters (lactones) is 1. The molecule has 4 rings (SSSR count). The molecule has 0 bridgehead atoms. The molecular weight excluding hydrogens is 330 g/mol. The Morgan fingerprint density at radius 3 is 2.85 bits per heavy atom. The van der Waals surface area contributed by atoms with Crippen LogP contribution < -0.4 is 4.90 Å². The van der Waals surface area contributed by atoms with Gasteiger partial charge in [0.15, 0.2) is 0 Å². The van der Waals surface area contributed by atoms with Crippen LogP contribution in [0.5, 0.6) is 0 Å². The lowest BCUT2D eigenvalue weighted by Gasteiger charge is -2.36. The van der Waals surface area contributed by atoms with Crippen LogP contribution in [0.15, 0.2) is 24.9 Å². The van der Waals surface area contributed by atoms with Crippen molar-refractivity contribution in [1.29, 1.82) is 0 Å². The molecule has 2 aromatic heterocycles. The fourth-order valence-corrected chi connectivity index (χ4v) is 4.09. The molecule has 0 amide bonds. The van der Waals surface area contributed by atoms with E-state index in [9.17, 15) is 4.79 Å². The van der Waals surface area contributed by atoms with Gasteiger partial charge in [-0.2, -0.15) is 0 Å². The molecule has 2 aliphatic heterocycles. The summed E-state index contributed by atoms with van der Waals surface area (Å²) in [5, 5.41) is 0. The van der Waals surface area contributed by atoms with E-state index in [1.807, 2.05) is 23.9 Å². The van der Waals surface area contributed by atoms with E-state index in [0.29, 0.717) is 6.54 Å². The van der Waals surface area contributed by atoms with Crippen LogP contribution in [0.3, 0.4) is 0 Å². The molecule has 0 N–H and O–H groups in total. The van der Waals surface area contributed by atoms with Crippen LogP contribution in [0.2, 0.25) is 0 Å². The Morgan fingerprint density at radius 1 is 1.35 bits per heavy atom. The van der Waals surface area contributed by atoms with Gasteiger partial charge in [0, 0.05) is 43.8 Å². The molecule has 2 aromatic rings. The molecule has 7 nitrogen and oxygen atoms in total. The Bertz CT molecular complexity index is 781. The second-order valence-electron chi connectivity index (χ2n) is 7.41.